The van der Waals surface area contributed by atoms with E-state index in [9.17, 15) is 4.79 Å². The van der Waals surface area contributed by atoms with E-state index in [0.29, 0.717) is 11.1 Å². The summed E-state index contributed by atoms with van der Waals surface area (Å²) in [5.41, 5.74) is 11.5. The van der Waals surface area contributed by atoms with Crippen LogP contribution < -0.4 is 11.3 Å². The predicted octanol–water partition coefficient (Wildman–Crippen LogP) is 2.83. The summed E-state index contributed by atoms with van der Waals surface area (Å²) in [6.07, 6.45) is 0. The van der Waals surface area contributed by atoms with Crippen LogP contribution in [0.2, 0.25) is 0 Å². The van der Waals surface area contributed by atoms with Gasteiger partial charge in [0.25, 0.3) is 5.56 Å². The zero-order chi connectivity index (χ0) is 14.4. The van der Waals surface area contributed by atoms with Crippen molar-refractivity contribution in [3.8, 4) is 5.69 Å². The number of aromatic amines is 1. The Bertz CT molecular complexity index is 848. The maximum Gasteiger partial charge on any atom is 0.274 e. The highest BCUT2D eigenvalue weighted by Crippen LogP contribution is 2.25. The lowest BCUT2D eigenvalue weighted by molar-refractivity contribution is 0.875. The Kier molecular flexibility index (Phi) is 2.67. The van der Waals surface area contributed by atoms with Gasteiger partial charge < -0.3 is 5.73 Å². The van der Waals surface area contributed by atoms with Crippen LogP contribution in [0.15, 0.2) is 35.1 Å². The van der Waals surface area contributed by atoms with Crippen molar-refractivity contribution < 1.29 is 0 Å². The number of nitrogens with zero attached hydrogens (tertiary/aromatic N) is 1. The van der Waals surface area contributed by atoms with E-state index in [-0.39, 0.29) is 5.56 Å². The van der Waals surface area contributed by atoms with Gasteiger partial charge in [0.05, 0.1) is 16.6 Å². The van der Waals surface area contributed by atoms with E-state index in [2.05, 4.69) is 24.2 Å². The Balaban J connectivity index is 2.43. The van der Waals surface area contributed by atoms with Gasteiger partial charge in [0, 0.05) is 5.69 Å². The Morgan fingerprint density at radius 3 is 2.40 bits per heavy atom. The quantitative estimate of drug-likeness (QED) is 0.666. The zero-order valence-corrected chi connectivity index (χ0v) is 11.8. The monoisotopic (exact) mass is 267 g/mol. The molecule has 0 spiro atoms. The molecule has 0 fully saturated rings. The van der Waals surface area contributed by atoms with Crippen molar-refractivity contribution in [2.75, 3.05) is 5.73 Å². The molecule has 0 bridgehead atoms. The summed E-state index contributed by atoms with van der Waals surface area (Å²) in [7, 11) is 0. The zero-order valence-electron chi connectivity index (χ0n) is 11.8. The van der Waals surface area contributed by atoms with Gasteiger partial charge in [-0.05, 0) is 44.0 Å². The largest absolute Gasteiger partial charge is 0.398 e. The number of hydrogen-bond donors (Lipinski definition) is 2. The van der Waals surface area contributed by atoms with Crippen LogP contribution in [0.4, 0.5) is 5.69 Å². The van der Waals surface area contributed by atoms with Crippen LogP contribution >= 0.6 is 0 Å². The van der Waals surface area contributed by atoms with E-state index in [4.69, 9.17) is 5.73 Å². The first-order valence-corrected chi connectivity index (χ1v) is 6.56. The molecular weight excluding hydrogens is 250 g/mol. The van der Waals surface area contributed by atoms with Crippen molar-refractivity contribution in [2.45, 2.75) is 20.8 Å². The van der Waals surface area contributed by atoms with Gasteiger partial charge in [-0.15, -0.1) is 0 Å². The summed E-state index contributed by atoms with van der Waals surface area (Å²) in [6.45, 7) is 6.16. The second kappa shape index (κ2) is 4.27. The summed E-state index contributed by atoms with van der Waals surface area (Å²) in [4.78, 5) is 12.1. The number of H-pyrrole nitrogens is 1. The number of rotatable bonds is 1. The fourth-order valence-corrected chi connectivity index (χ4v) is 2.91. The van der Waals surface area contributed by atoms with Gasteiger partial charge in [0.1, 0.15) is 0 Å². The van der Waals surface area contributed by atoms with Crippen LogP contribution in [-0.2, 0) is 0 Å². The van der Waals surface area contributed by atoms with Crippen LogP contribution in [0.25, 0.3) is 16.6 Å². The summed E-state index contributed by atoms with van der Waals surface area (Å²) >= 11 is 0. The molecule has 3 rings (SSSR count). The molecule has 0 aliphatic rings. The number of nitrogens with one attached hydrogen (secondary N) is 1. The fourth-order valence-electron chi connectivity index (χ4n) is 2.91. The van der Waals surface area contributed by atoms with Crippen LogP contribution in [0, 0.1) is 20.8 Å². The third kappa shape index (κ3) is 1.72. The first-order chi connectivity index (χ1) is 9.49. The van der Waals surface area contributed by atoms with E-state index < -0.39 is 0 Å². The van der Waals surface area contributed by atoms with E-state index in [1.54, 1.807) is 6.07 Å². The third-order valence-corrected chi connectivity index (χ3v) is 3.62. The van der Waals surface area contributed by atoms with Crippen LogP contribution in [-0.4, -0.2) is 9.78 Å². The van der Waals surface area contributed by atoms with Gasteiger partial charge in [-0.1, -0.05) is 23.8 Å². The second-order valence-corrected chi connectivity index (χ2v) is 5.27. The smallest absolute Gasteiger partial charge is 0.274 e. The lowest BCUT2D eigenvalue weighted by atomic mass is 10.0. The lowest BCUT2D eigenvalue weighted by Gasteiger charge is -2.13. The highest BCUT2D eigenvalue weighted by Gasteiger charge is 2.13. The fraction of sp³-hybridized carbons (Fsp3) is 0.188. The number of hydrogen-bond acceptors (Lipinski definition) is 2. The Morgan fingerprint density at radius 1 is 1.10 bits per heavy atom. The number of nitrogen functional groups attached to an aromatic ring is 1. The molecule has 0 aliphatic carbocycles. The Labute approximate surface area is 116 Å². The highest BCUT2D eigenvalue weighted by atomic mass is 16.1. The van der Waals surface area contributed by atoms with Gasteiger partial charge >= 0.3 is 0 Å². The molecule has 0 saturated heterocycles. The molecule has 0 atom stereocenters. The normalized spacial score (nSPS) is 11.2. The van der Waals surface area contributed by atoms with E-state index >= 15 is 0 Å². The van der Waals surface area contributed by atoms with Crippen LogP contribution in [0.1, 0.15) is 16.7 Å². The van der Waals surface area contributed by atoms with Gasteiger partial charge in [-0.2, -0.15) is 0 Å². The molecule has 3 N–H and O–H groups in total. The molecule has 2 aromatic carbocycles. The SMILES string of the molecule is Cc1cc(C)c(-n2[nH]c(=O)c3c(N)cccc32)c(C)c1. The van der Waals surface area contributed by atoms with E-state index in [1.165, 1.54) is 5.56 Å². The summed E-state index contributed by atoms with van der Waals surface area (Å²) in [5, 5.41) is 3.44. The lowest BCUT2D eigenvalue weighted by Crippen LogP contribution is -2.07. The first kappa shape index (κ1) is 12.5. The number of aryl methyl sites for hydroxylation is 3. The number of anilines is 1. The maximum absolute atomic E-state index is 12.1. The Morgan fingerprint density at radius 2 is 1.75 bits per heavy atom. The molecule has 4 heteroatoms. The molecule has 0 radical (unpaired) electrons. The van der Waals surface area contributed by atoms with Crippen LogP contribution in [0.5, 0.6) is 0 Å². The van der Waals surface area contributed by atoms with Crippen molar-refractivity contribution in [3.05, 3.63) is 57.4 Å². The minimum atomic E-state index is -0.155. The molecule has 1 aromatic heterocycles. The second-order valence-electron chi connectivity index (χ2n) is 5.27. The van der Waals surface area contributed by atoms with E-state index in [0.717, 1.165) is 22.3 Å². The molecule has 102 valence electrons. The van der Waals surface area contributed by atoms with Gasteiger partial charge in [-0.25, -0.2) is 0 Å². The first-order valence-electron chi connectivity index (χ1n) is 6.56. The molecule has 0 unspecified atom stereocenters. The van der Waals surface area contributed by atoms with Gasteiger partial charge in [-0.3, -0.25) is 14.6 Å². The minimum Gasteiger partial charge on any atom is -0.398 e. The summed E-state index contributed by atoms with van der Waals surface area (Å²) in [6, 6.07) is 9.73. The highest BCUT2D eigenvalue weighted by molar-refractivity contribution is 5.91. The topological polar surface area (TPSA) is 63.8 Å². The molecule has 4 nitrogen and oxygen atoms in total. The van der Waals surface area contributed by atoms with Crippen molar-refractivity contribution in [1.82, 2.24) is 9.78 Å². The molecule has 0 amide bonds. The average molecular weight is 267 g/mol. The molecule has 3 aromatic rings. The van der Waals surface area contributed by atoms with E-state index in [1.807, 2.05) is 30.7 Å². The van der Waals surface area contributed by atoms with Gasteiger partial charge in [0.15, 0.2) is 0 Å². The van der Waals surface area contributed by atoms with Crippen molar-refractivity contribution in [2.24, 2.45) is 0 Å². The van der Waals surface area contributed by atoms with Crippen molar-refractivity contribution in [1.29, 1.82) is 0 Å². The number of aromatic nitrogens is 2. The standard InChI is InChI=1S/C16H17N3O/c1-9-7-10(2)15(11(3)8-9)19-13-6-4-5-12(17)14(13)16(20)18-19/h4-8H,17H2,1-3H3,(H,18,20). The molecule has 0 aliphatic heterocycles. The Hall–Kier alpha value is -2.49. The maximum atomic E-state index is 12.1. The number of fused-ring (bicyclic) bond motifs is 1. The van der Waals surface area contributed by atoms with Gasteiger partial charge in [0.2, 0.25) is 0 Å². The number of benzene rings is 2. The molecule has 20 heavy (non-hydrogen) atoms. The third-order valence-electron chi connectivity index (χ3n) is 3.62. The van der Waals surface area contributed by atoms with Crippen molar-refractivity contribution in [3.63, 3.8) is 0 Å². The predicted molar refractivity (Wildman–Crippen MR) is 82.5 cm³/mol. The molecule has 1 heterocycles. The molecular formula is C16H17N3O. The van der Waals surface area contributed by atoms with Crippen molar-refractivity contribution >= 4 is 16.6 Å². The summed E-state index contributed by atoms with van der Waals surface area (Å²) < 4.78 is 1.83. The molecule has 0 saturated carbocycles. The van der Waals surface area contributed by atoms with Crippen LogP contribution in [0.3, 0.4) is 0 Å². The minimum absolute atomic E-state index is 0.155. The number of nitrogens with two attached hydrogens (primary N) is 1. The average Bonchev–Trinajstić information content (AvgIpc) is 2.67. The summed E-state index contributed by atoms with van der Waals surface area (Å²) in [5.74, 6) is 0.